The summed E-state index contributed by atoms with van der Waals surface area (Å²) in [5.41, 5.74) is 5.70. The van der Waals surface area contributed by atoms with Gasteiger partial charge in [0, 0.05) is 11.6 Å². The topological polar surface area (TPSA) is 122 Å². The molecule has 5 N–H and O–H groups in total. The molecule has 0 saturated heterocycles. The molecule has 0 heterocycles. The summed E-state index contributed by atoms with van der Waals surface area (Å²) in [4.78, 5) is 23.8. The number of rotatable bonds is 8. The number of aliphatic hydroxyl groups excluding tert-OH is 1. The van der Waals surface area contributed by atoms with E-state index in [0.717, 1.165) is 12.1 Å². The molecule has 12 heteroatoms. The number of carboxylic acids is 1. The van der Waals surface area contributed by atoms with Crippen molar-refractivity contribution in [1.29, 1.82) is 0 Å². The largest absolute Gasteiger partial charge is 0.573 e. The number of benzene rings is 2. The van der Waals surface area contributed by atoms with Crippen LogP contribution in [0.1, 0.15) is 17.2 Å². The number of halogens is 5. The third-order valence-corrected chi connectivity index (χ3v) is 4.05. The van der Waals surface area contributed by atoms with Gasteiger partial charge in [0.05, 0.1) is 0 Å². The van der Waals surface area contributed by atoms with Crippen LogP contribution in [0.25, 0.3) is 0 Å². The molecule has 0 aliphatic carbocycles. The maximum Gasteiger partial charge on any atom is 0.573 e. The zero-order valence-electron chi connectivity index (χ0n) is 15.7. The lowest BCUT2D eigenvalue weighted by atomic mass is 10.0. The first-order valence-electron chi connectivity index (χ1n) is 8.54. The first-order chi connectivity index (χ1) is 14.0. The quantitative estimate of drug-likeness (QED) is 0.443. The highest BCUT2D eigenvalue weighted by atomic mass is 35.5. The van der Waals surface area contributed by atoms with Gasteiger partial charge in [0.15, 0.2) is 17.6 Å². The number of ether oxygens (including phenoxy) is 1. The number of carbonyl (C=O) groups is 2. The van der Waals surface area contributed by atoms with Crippen molar-refractivity contribution in [2.75, 3.05) is 0 Å². The van der Waals surface area contributed by atoms with Gasteiger partial charge in [0.2, 0.25) is 0 Å². The van der Waals surface area contributed by atoms with Crippen LogP contribution >= 0.6 is 12.4 Å². The summed E-state index contributed by atoms with van der Waals surface area (Å²) in [6, 6.07) is 7.82. The summed E-state index contributed by atoms with van der Waals surface area (Å²) in [5.74, 6) is -5.88. The van der Waals surface area contributed by atoms with Gasteiger partial charge in [-0.15, -0.1) is 25.6 Å². The SMILES string of the molecule is Cl.N[C@H](Cc1ccccc1)[C@H](O)C(=O)N[C@@H](C(=O)O)c1cccc(OC(F)(F)F)c1F. The smallest absolute Gasteiger partial charge is 0.479 e. The van der Waals surface area contributed by atoms with Gasteiger partial charge < -0.3 is 26.0 Å². The summed E-state index contributed by atoms with van der Waals surface area (Å²) < 4.78 is 55.0. The van der Waals surface area contributed by atoms with Crippen LogP contribution in [0.2, 0.25) is 0 Å². The van der Waals surface area contributed by atoms with Crippen LogP contribution in [0.5, 0.6) is 5.75 Å². The van der Waals surface area contributed by atoms with E-state index < -0.39 is 53.6 Å². The maximum atomic E-state index is 14.4. The highest BCUT2D eigenvalue weighted by Crippen LogP contribution is 2.30. The number of carboxylic acid groups (broad SMARTS) is 1. The number of hydrogen-bond donors (Lipinski definition) is 4. The molecule has 0 aliphatic heterocycles. The molecule has 0 aromatic heterocycles. The Kier molecular flexibility index (Phi) is 9.22. The molecule has 31 heavy (non-hydrogen) atoms. The first-order valence-corrected chi connectivity index (χ1v) is 8.54. The standard InChI is InChI=1S/C19H18F4N2O5.ClH/c20-14-11(7-4-8-13(14)30-19(21,22)23)15(18(28)29)25-17(27)16(26)12(24)9-10-5-2-1-3-6-10;/h1-8,12,15-16,26H,9,24H2,(H,25,27)(H,28,29);1H/t12-,15-,16+;/m1./s1. The van der Waals surface area contributed by atoms with E-state index in [0.29, 0.717) is 11.6 Å². The molecule has 170 valence electrons. The van der Waals surface area contributed by atoms with Crippen molar-refractivity contribution >= 4 is 24.3 Å². The number of aliphatic carboxylic acids is 1. The first kappa shape index (κ1) is 26.1. The third-order valence-electron chi connectivity index (χ3n) is 4.05. The molecule has 0 bridgehead atoms. The summed E-state index contributed by atoms with van der Waals surface area (Å²) in [5, 5.41) is 21.3. The van der Waals surface area contributed by atoms with E-state index in [2.05, 4.69) is 4.74 Å². The van der Waals surface area contributed by atoms with E-state index in [1.807, 2.05) is 5.32 Å². The summed E-state index contributed by atoms with van der Waals surface area (Å²) >= 11 is 0. The normalized spacial score (nSPS) is 14.0. The van der Waals surface area contributed by atoms with Crippen molar-refractivity contribution < 1.29 is 42.1 Å². The number of amides is 1. The number of alkyl halides is 3. The molecule has 2 aromatic carbocycles. The van der Waals surface area contributed by atoms with Crippen molar-refractivity contribution in [3.63, 3.8) is 0 Å². The molecular formula is C19H19ClF4N2O5. The third kappa shape index (κ3) is 7.39. The average Bonchev–Trinajstić information content (AvgIpc) is 2.66. The lowest BCUT2D eigenvalue weighted by Gasteiger charge is -2.22. The second kappa shape index (κ2) is 10.9. The van der Waals surface area contributed by atoms with Gasteiger partial charge in [-0.1, -0.05) is 42.5 Å². The lowest BCUT2D eigenvalue weighted by molar-refractivity contribution is -0.275. The van der Waals surface area contributed by atoms with E-state index in [9.17, 15) is 37.4 Å². The minimum atomic E-state index is -5.21. The average molecular weight is 467 g/mol. The molecule has 1 amide bonds. The lowest BCUT2D eigenvalue weighted by Crippen LogP contribution is -2.49. The van der Waals surface area contributed by atoms with Crippen LogP contribution in [-0.2, 0) is 16.0 Å². The predicted molar refractivity (Wildman–Crippen MR) is 103 cm³/mol. The minimum absolute atomic E-state index is 0. The van der Waals surface area contributed by atoms with E-state index in [1.165, 1.54) is 0 Å². The van der Waals surface area contributed by atoms with Crippen molar-refractivity contribution in [3.8, 4) is 5.75 Å². The highest BCUT2D eigenvalue weighted by Gasteiger charge is 2.35. The second-order valence-corrected chi connectivity index (χ2v) is 6.29. The van der Waals surface area contributed by atoms with Gasteiger partial charge in [-0.2, -0.15) is 0 Å². The molecular weight excluding hydrogens is 448 g/mol. The van der Waals surface area contributed by atoms with Crippen LogP contribution in [0.3, 0.4) is 0 Å². The Hall–Kier alpha value is -2.89. The molecule has 0 aliphatic rings. The number of nitrogens with two attached hydrogens (primary N) is 1. The Morgan fingerprint density at radius 3 is 2.26 bits per heavy atom. The van der Waals surface area contributed by atoms with Crippen LogP contribution in [0.4, 0.5) is 17.6 Å². The van der Waals surface area contributed by atoms with Crippen LogP contribution in [0, 0.1) is 5.82 Å². The fourth-order valence-corrected chi connectivity index (χ4v) is 2.65. The molecule has 2 aromatic rings. The highest BCUT2D eigenvalue weighted by molar-refractivity contribution is 5.87. The van der Waals surface area contributed by atoms with Crippen LogP contribution in [-0.4, -0.2) is 40.6 Å². The molecule has 0 radical (unpaired) electrons. The van der Waals surface area contributed by atoms with Gasteiger partial charge >= 0.3 is 12.3 Å². The van der Waals surface area contributed by atoms with Gasteiger partial charge in [0.1, 0.15) is 6.10 Å². The van der Waals surface area contributed by atoms with E-state index in [-0.39, 0.29) is 18.8 Å². The molecule has 0 saturated carbocycles. The zero-order chi connectivity index (χ0) is 22.5. The number of nitrogens with one attached hydrogen (secondary N) is 1. The van der Waals surface area contributed by atoms with Crippen molar-refractivity contribution in [1.82, 2.24) is 5.32 Å². The van der Waals surface area contributed by atoms with Gasteiger partial charge in [-0.3, -0.25) is 4.79 Å². The summed E-state index contributed by atoms with van der Waals surface area (Å²) in [6.45, 7) is 0. The van der Waals surface area contributed by atoms with Crippen molar-refractivity contribution in [2.24, 2.45) is 5.73 Å². The summed E-state index contributed by atoms with van der Waals surface area (Å²) in [6.07, 6.45) is -6.98. The molecule has 0 unspecified atom stereocenters. The minimum Gasteiger partial charge on any atom is -0.479 e. The Balaban J connectivity index is 0.00000480. The molecule has 0 spiro atoms. The van der Waals surface area contributed by atoms with Crippen molar-refractivity contribution in [3.05, 3.63) is 65.5 Å². The number of carbonyl (C=O) groups excluding carboxylic acids is 1. The molecule has 3 atom stereocenters. The van der Waals surface area contributed by atoms with E-state index >= 15 is 0 Å². The molecule has 7 nitrogen and oxygen atoms in total. The molecule has 2 rings (SSSR count). The van der Waals surface area contributed by atoms with E-state index in [4.69, 9.17) is 5.73 Å². The Morgan fingerprint density at radius 2 is 1.71 bits per heavy atom. The number of hydrogen-bond acceptors (Lipinski definition) is 5. The Morgan fingerprint density at radius 1 is 1.10 bits per heavy atom. The van der Waals surface area contributed by atoms with Gasteiger partial charge in [0.25, 0.3) is 5.91 Å². The van der Waals surface area contributed by atoms with Crippen LogP contribution in [0.15, 0.2) is 48.5 Å². The van der Waals surface area contributed by atoms with Crippen LogP contribution < -0.4 is 15.8 Å². The van der Waals surface area contributed by atoms with Gasteiger partial charge in [-0.05, 0) is 18.1 Å². The maximum absolute atomic E-state index is 14.4. The fraction of sp³-hybridized carbons (Fsp3) is 0.263. The monoisotopic (exact) mass is 466 g/mol. The Bertz CT molecular complexity index is 899. The Labute approximate surface area is 180 Å². The fourth-order valence-electron chi connectivity index (χ4n) is 2.65. The van der Waals surface area contributed by atoms with E-state index in [1.54, 1.807) is 30.3 Å². The molecule has 0 fully saturated rings. The van der Waals surface area contributed by atoms with Crippen molar-refractivity contribution in [2.45, 2.75) is 31.0 Å². The zero-order valence-corrected chi connectivity index (χ0v) is 16.5. The summed E-state index contributed by atoms with van der Waals surface area (Å²) in [7, 11) is 0. The van der Waals surface area contributed by atoms with Gasteiger partial charge in [-0.25, -0.2) is 9.18 Å². The number of aliphatic hydroxyl groups is 1. The second-order valence-electron chi connectivity index (χ2n) is 6.29. The predicted octanol–water partition coefficient (Wildman–Crippen LogP) is 2.32.